The molecule has 1 aliphatic heterocycles. The lowest BCUT2D eigenvalue weighted by atomic mass is 9.95. The van der Waals surface area contributed by atoms with Crippen molar-refractivity contribution in [2.75, 3.05) is 12.3 Å². The number of carbonyl (C=O) groups is 1. The summed E-state index contributed by atoms with van der Waals surface area (Å²) in [5, 5.41) is 19.0. The molecule has 2 heterocycles. The number of anilines is 1. The first-order chi connectivity index (χ1) is 11.8. The Balaban J connectivity index is 2.15. The number of aliphatic hydroxyl groups excluding tert-OH is 2. The summed E-state index contributed by atoms with van der Waals surface area (Å²) in [5.74, 6) is 0.436. The van der Waals surface area contributed by atoms with Crippen molar-refractivity contribution >= 4 is 11.6 Å². The van der Waals surface area contributed by atoms with E-state index in [1.807, 2.05) is 13.8 Å². The smallest absolute Gasteiger partial charge is 0.351 e. The molecular weight excluding hydrogens is 326 g/mol. The summed E-state index contributed by atoms with van der Waals surface area (Å²) in [5.41, 5.74) is 5.97. The molecule has 0 amide bonds. The third-order valence-electron chi connectivity index (χ3n) is 4.43. The third kappa shape index (κ3) is 4.87. The molecule has 0 bridgehead atoms. The Morgan fingerprint density at radius 3 is 2.88 bits per heavy atom. The van der Waals surface area contributed by atoms with E-state index in [0.29, 0.717) is 24.8 Å². The Hall–Kier alpha value is -1.77. The molecule has 0 saturated carbocycles. The largest absolute Gasteiger partial charge is 0.394 e. The van der Waals surface area contributed by atoms with Gasteiger partial charge in [0, 0.05) is 31.0 Å². The maximum Gasteiger partial charge on any atom is 0.351 e. The standard InChI is InChI=1S/C17H27N3O5/c1-3-4-12(22)6-10(2)5-11-8-20(17(24)19-16(11)18)15-7-13(23)14(9-21)25-15/h8,10,13-15,21,23H,3-7,9H2,1-2H3,(H2,18,19,24)/t10?,13-,14+,15+/m0/s1. The Bertz CT molecular complexity index is 660. The van der Waals surface area contributed by atoms with Crippen molar-refractivity contribution in [1.29, 1.82) is 0 Å². The number of hydrogen-bond donors (Lipinski definition) is 3. The maximum atomic E-state index is 12.1. The Labute approximate surface area is 146 Å². The van der Waals surface area contributed by atoms with E-state index in [-0.39, 0.29) is 30.5 Å². The monoisotopic (exact) mass is 353 g/mol. The van der Waals surface area contributed by atoms with Crippen LogP contribution in [0.4, 0.5) is 5.82 Å². The molecule has 1 aromatic heterocycles. The number of Topliss-reactive ketones (excluding diaryl/α,β-unsaturated/α-hetero) is 1. The van der Waals surface area contributed by atoms with Crippen LogP contribution in [0.2, 0.25) is 0 Å². The van der Waals surface area contributed by atoms with Crippen LogP contribution in [0.3, 0.4) is 0 Å². The lowest BCUT2D eigenvalue weighted by molar-refractivity contribution is -0.119. The molecule has 1 fully saturated rings. The van der Waals surface area contributed by atoms with Gasteiger partial charge < -0.3 is 20.7 Å². The molecule has 4 atom stereocenters. The SMILES string of the molecule is CCCC(=O)CC(C)Cc1cn([C@H]2C[C@H](O)[C@@H](CO)O2)c(=O)nc1N. The summed E-state index contributed by atoms with van der Waals surface area (Å²) >= 11 is 0. The topological polar surface area (TPSA) is 128 Å². The van der Waals surface area contributed by atoms with E-state index >= 15 is 0 Å². The fourth-order valence-corrected chi connectivity index (χ4v) is 3.15. The van der Waals surface area contributed by atoms with Crippen LogP contribution < -0.4 is 11.4 Å². The van der Waals surface area contributed by atoms with Crippen molar-refractivity contribution in [3.05, 3.63) is 22.2 Å². The molecule has 25 heavy (non-hydrogen) atoms. The van der Waals surface area contributed by atoms with E-state index in [9.17, 15) is 19.8 Å². The normalized spacial score (nSPS) is 24.4. The second-order valence-electron chi connectivity index (χ2n) is 6.76. The number of rotatable bonds is 8. The Morgan fingerprint density at radius 2 is 2.28 bits per heavy atom. The van der Waals surface area contributed by atoms with Gasteiger partial charge in [-0.05, 0) is 18.8 Å². The van der Waals surface area contributed by atoms with Crippen molar-refractivity contribution in [3.63, 3.8) is 0 Å². The minimum atomic E-state index is -0.839. The summed E-state index contributed by atoms with van der Waals surface area (Å²) in [6, 6.07) is 0. The zero-order valence-electron chi connectivity index (χ0n) is 14.7. The number of ketones is 1. The maximum absolute atomic E-state index is 12.1. The van der Waals surface area contributed by atoms with Crippen LogP contribution in [0.5, 0.6) is 0 Å². The molecule has 140 valence electrons. The van der Waals surface area contributed by atoms with Gasteiger partial charge in [0.1, 0.15) is 23.9 Å². The number of ether oxygens (including phenoxy) is 1. The van der Waals surface area contributed by atoms with Gasteiger partial charge in [-0.2, -0.15) is 4.98 Å². The van der Waals surface area contributed by atoms with Crippen LogP contribution in [0, 0.1) is 5.92 Å². The third-order valence-corrected chi connectivity index (χ3v) is 4.43. The molecule has 1 saturated heterocycles. The van der Waals surface area contributed by atoms with Crippen molar-refractivity contribution in [1.82, 2.24) is 9.55 Å². The first-order valence-corrected chi connectivity index (χ1v) is 8.69. The zero-order chi connectivity index (χ0) is 18.6. The van der Waals surface area contributed by atoms with Gasteiger partial charge >= 0.3 is 5.69 Å². The van der Waals surface area contributed by atoms with Gasteiger partial charge in [0.15, 0.2) is 0 Å². The first-order valence-electron chi connectivity index (χ1n) is 8.69. The summed E-state index contributed by atoms with van der Waals surface area (Å²) in [4.78, 5) is 27.8. The number of hydrogen-bond acceptors (Lipinski definition) is 7. The minimum Gasteiger partial charge on any atom is -0.394 e. The summed E-state index contributed by atoms with van der Waals surface area (Å²) in [6.45, 7) is 3.61. The van der Waals surface area contributed by atoms with Crippen LogP contribution in [-0.2, 0) is 16.0 Å². The quantitative estimate of drug-likeness (QED) is 0.617. The van der Waals surface area contributed by atoms with Crippen molar-refractivity contribution < 1.29 is 19.7 Å². The number of nitrogen functional groups attached to an aromatic ring is 1. The van der Waals surface area contributed by atoms with Crippen molar-refractivity contribution in [3.8, 4) is 0 Å². The number of aromatic nitrogens is 2. The van der Waals surface area contributed by atoms with Gasteiger partial charge in [-0.15, -0.1) is 0 Å². The molecule has 0 aliphatic carbocycles. The second-order valence-corrected chi connectivity index (χ2v) is 6.76. The summed E-state index contributed by atoms with van der Waals surface area (Å²) in [7, 11) is 0. The van der Waals surface area contributed by atoms with E-state index in [4.69, 9.17) is 10.5 Å². The van der Waals surface area contributed by atoms with Crippen molar-refractivity contribution in [2.45, 2.75) is 64.4 Å². The van der Waals surface area contributed by atoms with Gasteiger partial charge in [0.25, 0.3) is 0 Å². The molecule has 1 aliphatic rings. The minimum absolute atomic E-state index is 0.0781. The van der Waals surface area contributed by atoms with E-state index in [1.54, 1.807) is 6.20 Å². The number of nitrogens with zero attached hydrogens (tertiary/aromatic N) is 2. The molecule has 1 aromatic rings. The van der Waals surface area contributed by atoms with Gasteiger partial charge in [0.05, 0.1) is 12.7 Å². The molecule has 8 nitrogen and oxygen atoms in total. The zero-order valence-corrected chi connectivity index (χ0v) is 14.7. The second kappa shape index (κ2) is 8.55. The average Bonchev–Trinajstić information content (AvgIpc) is 2.90. The predicted molar refractivity (Wildman–Crippen MR) is 91.9 cm³/mol. The molecule has 0 radical (unpaired) electrons. The van der Waals surface area contributed by atoms with Gasteiger partial charge in [-0.25, -0.2) is 4.79 Å². The molecular formula is C17H27N3O5. The highest BCUT2D eigenvalue weighted by molar-refractivity contribution is 5.78. The highest BCUT2D eigenvalue weighted by Crippen LogP contribution is 2.28. The lowest BCUT2D eigenvalue weighted by Crippen LogP contribution is -2.29. The summed E-state index contributed by atoms with van der Waals surface area (Å²) in [6.07, 6.45) is 1.90. The van der Waals surface area contributed by atoms with Crippen LogP contribution in [-0.4, -0.2) is 44.4 Å². The van der Waals surface area contributed by atoms with Gasteiger partial charge in [-0.3, -0.25) is 9.36 Å². The Kier molecular flexibility index (Phi) is 6.69. The molecule has 0 spiro atoms. The van der Waals surface area contributed by atoms with Gasteiger partial charge in [-0.1, -0.05) is 13.8 Å². The predicted octanol–water partition coefficient (Wildman–Crippen LogP) is 0.404. The average molecular weight is 353 g/mol. The molecule has 2 rings (SSSR count). The number of carbonyl (C=O) groups excluding carboxylic acids is 1. The molecule has 0 aromatic carbocycles. The van der Waals surface area contributed by atoms with Crippen LogP contribution in [0.1, 0.15) is 51.3 Å². The number of aliphatic hydroxyl groups is 2. The number of nitrogens with two attached hydrogens (primary N) is 1. The van der Waals surface area contributed by atoms with E-state index in [2.05, 4.69) is 4.98 Å². The fourth-order valence-electron chi connectivity index (χ4n) is 3.15. The van der Waals surface area contributed by atoms with Crippen LogP contribution >= 0.6 is 0 Å². The first kappa shape index (κ1) is 19.6. The molecule has 8 heteroatoms. The van der Waals surface area contributed by atoms with Crippen LogP contribution in [0.25, 0.3) is 0 Å². The molecule has 4 N–H and O–H groups in total. The highest BCUT2D eigenvalue weighted by Gasteiger charge is 2.35. The highest BCUT2D eigenvalue weighted by atomic mass is 16.5. The van der Waals surface area contributed by atoms with E-state index in [1.165, 1.54) is 4.57 Å². The van der Waals surface area contributed by atoms with Crippen LogP contribution in [0.15, 0.2) is 11.0 Å². The fraction of sp³-hybridized carbons (Fsp3) is 0.706. The van der Waals surface area contributed by atoms with E-state index in [0.717, 1.165) is 6.42 Å². The van der Waals surface area contributed by atoms with E-state index < -0.39 is 24.1 Å². The van der Waals surface area contributed by atoms with Crippen molar-refractivity contribution in [2.24, 2.45) is 5.92 Å². The van der Waals surface area contributed by atoms with Gasteiger partial charge in [0.2, 0.25) is 0 Å². The summed E-state index contributed by atoms with van der Waals surface area (Å²) < 4.78 is 6.81. The molecule has 1 unspecified atom stereocenters. The Morgan fingerprint density at radius 1 is 1.56 bits per heavy atom. The lowest BCUT2D eigenvalue weighted by Gasteiger charge is -2.17.